The molecular formula is C17H21N3O3. The number of carbonyl (C=O) groups is 1. The van der Waals surface area contributed by atoms with Gasteiger partial charge in [0, 0.05) is 11.3 Å². The van der Waals surface area contributed by atoms with E-state index in [1.165, 1.54) is 0 Å². The number of aromatic nitrogens is 2. The summed E-state index contributed by atoms with van der Waals surface area (Å²) >= 11 is 0. The summed E-state index contributed by atoms with van der Waals surface area (Å²) in [5, 5.41) is 9.97. The molecule has 1 heterocycles. The van der Waals surface area contributed by atoms with E-state index in [4.69, 9.17) is 9.47 Å². The fourth-order valence-electron chi connectivity index (χ4n) is 2.80. The smallest absolute Gasteiger partial charge is 0.272 e. The lowest BCUT2D eigenvalue weighted by molar-refractivity contribution is 0.0925. The van der Waals surface area contributed by atoms with Crippen molar-refractivity contribution in [1.82, 2.24) is 15.5 Å². The average molecular weight is 315 g/mol. The molecule has 0 fully saturated rings. The van der Waals surface area contributed by atoms with Crippen molar-refractivity contribution in [3.63, 3.8) is 0 Å². The summed E-state index contributed by atoms with van der Waals surface area (Å²) in [6.07, 6.45) is 2.80. The van der Waals surface area contributed by atoms with Crippen LogP contribution in [0.25, 0.3) is 0 Å². The topological polar surface area (TPSA) is 76.2 Å². The Morgan fingerprint density at radius 1 is 1.35 bits per heavy atom. The molecule has 1 unspecified atom stereocenters. The van der Waals surface area contributed by atoms with Crippen LogP contribution in [0.1, 0.15) is 35.1 Å². The lowest BCUT2D eigenvalue weighted by Gasteiger charge is -2.17. The number of ether oxygens (including phenoxy) is 2. The number of aryl methyl sites for hydroxylation is 1. The summed E-state index contributed by atoms with van der Waals surface area (Å²) in [5.74, 6) is 1.19. The van der Waals surface area contributed by atoms with Gasteiger partial charge in [0.1, 0.15) is 6.10 Å². The second kappa shape index (κ2) is 6.73. The molecule has 1 atom stereocenters. The maximum absolute atomic E-state index is 12.3. The molecule has 1 aromatic heterocycles. The molecule has 1 aromatic carbocycles. The Labute approximate surface area is 135 Å². The lowest BCUT2D eigenvalue weighted by Crippen LogP contribution is -2.34. The second-order valence-corrected chi connectivity index (χ2v) is 5.67. The largest absolute Gasteiger partial charge is 0.493 e. The standard InChI is InChI=1S/C17H21N3O3/c1-11(23-15-9-4-3-8-14(15)22-2)10-18-17(21)16-12-6-5-7-13(12)19-20-16/h3-4,8-9,11H,5-7,10H2,1-2H3,(H,18,21)(H,19,20). The molecule has 0 saturated heterocycles. The zero-order chi connectivity index (χ0) is 16.2. The summed E-state index contributed by atoms with van der Waals surface area (Å²) in [6.45, 7) is 2.31. The van der Waals surface area contributed by atoms with Gasteiger partial charge in [0.15, 0.2) is 17.2 Å². The van der Waals surface area contributed by atoms with Crippen LogP contribution in [0, 0.1) is 0 Å². The van der Waals surface area contributed by atoms with E-state index in [0.717, 1.165) is 30.5 Å². The highest BCUT2D eigenvalue weighted by molar-refractivity contribution is 5.94. The maximum Gasteiger partial charge on any atom is 0.272 e. The normalized spacial score (nSPS) is 14.2. The first kappa shape index (κ1) is 15.4. The van der Waals surface area contributed by atoms with Crippen molar-refractivity contribution in [3.8, 4) is 11.5 Å². The highest BCUT2D eigenvalue weighted by atomic mass is 16.5. The number of H-pyrrole nitrogens is 1. The Morgan fingerprint density at radius 2 is 2.13 bits per heavy atom. The van der Waals surface area contributed by atoms with Crippen molar-refractivity contribution in [2.45, 2.75) is 32.3 Å². The number of amides is 1. The summed E-state index contributed by atoms with van der Waals surface area (Å²) < 4.78 is 11.1. The highest BCUT2D eigenvalue weighted by Gasteiger charge is 2.23. The van der Waals surface area contributed by atoms with E-state index in [0.29, 0.717) is 23.7 Å². The number of nitrogens with zero attached hydrogens (tertiary/aromatic N) is 1. The second-order valence-electron chi connectivity index (χ2n) is 5.67. The third kappa shape index (κ3) is 3.31. The Morgan fingerprint density at radius 3 is 2.91 bits per heavy atom. The van der Waals surface area contributed by atoms with Crippen LogP contribution in [0.2, 0.25) is 0 Å². The Hall–Kier alpha value is -2.50. The molecule has 0 bridgehead atoms. The SMILES string of the molecule is COc1ccccc1OC(C)CNC(=O)c1n[nH]c2c1CCC2. The van der Waals surface area contributed by atoms with E-state index in [1.807, 2.05) is 31.2 Å². The fourth-order valence-corrected chi connectivity index (χ4v) is 2.80. The predicted octanol–water partition coefficient (Wildman–Crippen LogP) is 2.10. The third-order valence-corrected chi connectivity index (χ3v) is 3.97. The molecule has 0 saturated carbocycles. The number of aromatic amines is 1. The van der Waals surface area contributed by atoms with E-state index in [2.05, 4.69) is 15.5 Å². The van der Waals surface area contributed by atoms with Crippen LogP contribution in [-0.4, -0.2) is 35.9 Å². The summed E-state index contributed by atoms with van der Waals surface area (Å²) in [6, 6.07) is 7.46. The first-order chi connectivity index (χ1) is 11.2. The number of nitrogens with one attached hydrogen (secondary N) is 2. The molecule has 0 radical (unpaired) electrons. The van der Waals surface area contributed by atoms with E-state index in [-0.39, 0.29) is 12.0 Å². The molecule has 1 aliphatic rings. The van der Waals surface area contributed by atoms with Crippen molar-refractivity contribution >= 4 is 5.91 Å². The summed E-state index contributed by atoms with van der Waals surface area (Å²) in [7, 11) is 1.60. The van der Waals surface area contributed by atoms with Crippen LogP contribution in [0.4, 0.5) is 0 Å². The molecule has 0 aliphatic heterocycles. The Bertz CT molecular complexity index is 696. The molecule has 1 aliphatic carbocycles. The third-order valence-electron chi connectivity index (χ3n) is 3.97. The highest BCUT2D eigenvalue weighted by Crippen LogP contribution is 2.26. The predicted molar refractivity (Wildman–Crippen MR) is 86.0 cm³/mol. The van der Waals surface area contributed by atoms with Crippen LogP contribution >= 0.6 is 0 Å². The monoisotopic (exact) mass is 315 g/mol. The number of methoxy groups -OCH3 is 1. The van der Waals surface area contributed by atoms with Gasteiger partial charge >= 0.3 is 0 Å². The van der Waals surface area contributed by atoms with Crippen molar-refractivity contribution in [3.05, 3.63) is 41.2 Å². The van der Waals surface area contributed by atoms with E-state index in [1.54, 1.807) is 7.11 Å². The van der Waals surface area contributed by atoms with E-state index in [9.17, 15) is 4.79 Å². The number of para-hydroxylation sites is 2. The first-order valence-corrected chi connectivity index (χ1v) is 7.83. The summed E-state index contributed by atoms with van der Waals surface area (Å²) in [4.78, 5) is 12.3. The number of carbonyl (C=O) groups excluding carboxylic acids is 1. The molecule has 6 heteroatoms. The zero-order valence-corrected chi connectivity index (χ0v) is 13.4. The van der Waals surface area contributed by atoms with Gasteiger partial charge in [0.2, 0.25) is 0 Å². The zero-order valence-electron chi connectivity index (χ0n) is 13.4. The fraction of sp³-hybridized carbons (Fsp3) is 0.412. The molecule has 2 N–H and O–H groups in total. The number of benzene rings is 1. The Balaban J connectivity index is 1.56. The van der Waals surface area contributed by atoms with Crippen LogP contribution in [0.3, 0.4) is 0 Å². The van der Waals surface area contributed by atoms with Crippen molar-refractivity contribution in [1.29, 1.82) is 0 Å². The van der Waals surface area contributed by atoms with Gasteiger partial charge in [-0.1, -0.05) is 12.1 Å². The van der Waals surface area contributed by atoms with Crippen LogP contribution in [0.5, 0.6) is 11.5 Å². The number of rotatable bonds is 6. The lowest BCUT2D eigenvalue weighted by atomic mass is 10.2. The Kier molecular flexibility index (Phi) is 4.50. The van der Waals surface area contributed by atoms with Crippen molar-refractivity contribution in [2.24, 2.45) is 0 Å². The minimum Gasteiger partial charge on any atom is -0.493 e. The van der Waals surface area contributed by atoms with Gasteiger partial charge in [-0.25, -0.2) is 0 Å². The van der Waals surface area contributed by atoms with Crippen molar-refractivity contribution < 1.29 is 14.3 Å². The first-order valence-electron chi connectivity index (χ1n) is 7.83. The average Bonchev–Trinajstić information content (AvgIpc) is 3.16. The van der Waals surface area contributed by atoms with Gasteiger partial charge in [-0.15, -0.1) is 0 Å². The van der Waals surface area contributed by atoms with Gasteiger partial charge in [-0.3, -0.25) is 9.89 Å². The number of fused-ring (bicyclic) bond motifs is 1. The molecular weight excluding hydrogens is 294 g/mol. The molecule has 23 heavy (non-hydrogen) atoms. The minimum atomic E-state index is -0.178. The van der Waals surface area contributed by atoms with Gasteiger partial charge in [0.05, 0.1) is 13.7 Å². The van der Waals surface area contributed by atoms with Gasteiger partial charge < -0.3 is 14.8 Å². The van der Waals surface area contributed by atoms with Crippen LogP contribution in [-0.2, 0) is 12.8 Å². The quantitative estimate of drug-likeness (QED) is 0.856. The summed E-state index contributed by atoms with van der Waals surface area (Å²) in [5.41, 5.74) is 2.66. The van der Waals surface area contributed by atoms with Crippen LogP contribution < -0.4 is 14.8 Å². The molecule has 0 spiro atoms. The van der Waals surface area contributed by atoms with Gasteiger partial charge in [0.25, 0.3) is 5.91 Å². The molecule has 122 valence electrons. The van der Waals surface area contributed by atoms with Crippen molar-refractivity contribution in [2.75, 3.05) is 13.7 Å². The number of hydrogen-bond acceptors (Lipinski definition) is 4. The van der Waals surface area contributed by atoms with E-state index >= 15 is 0 Å². The molecule has 1 amide bonds. The van der Waals surface area contributed by atoms with Crippen LogP contribution in [0.15, 0.2) is 24.3 Å². The van der Waals surface area contributed by atoms with E-state index < -0.39 is 0 Å². The van der Waals surface area contributed by atoms with Gasteiger partial charge in [-0.2, -0.15) is 5.10 Å². The molecule has 6 nitrogen and oxygen atoms in total. The van der Waals surface area contributed by atoms with Gasteiger partial charge in [-0.05, 0) is 38.3 Å². The molecule has 3 rings (SSSR count). The maximum atomic E-state index is 12.3. The number of hydrogen-bond donors (Lipinski definition) is 2. The minimum absolute atomic E-state index is 0.153. The molecule has 2 aromatic rings.